The molecule has 10 heteroatoms. The number of carbonyl (C=O) groups excluding carboxylic acids is 1. The number of hydrogen-bond donors (Lipinski definition) is 3. The summed E-state index contributed by atoms with van der Waals surface area (Å²) in [5.74, 6) is 0.207. The molecule has 3 atom stereocenters. The lowest BCUT2D eigenvalue weighted by atomic mass is 10.0. The minimum Gasteiger partial charge on any atom is -0.471 e. The summed E-state index contributed by atoms with van der Waals surface area (Å²) in [6.45, 7) is 3.62. The Labute approximate surface area is 220 Å². The maximum atomic E-state index is 14.2. The molecule has 1 amide bonds. The molecule has 6 rings (SSSR count). The molecule has 0 radical (unpaired) electrons. The minimum atomic E-state index is -1.05. The summed E-state index contributed by atoms with van der Waals surface area (Å²) in [7, 11) is 0. The maximum absolute atomic E-state index is 14.2. The Hall–Kier alpha value is -4.02. The molecular formula is C28H30FN7O2. The van der Waals surface area contributed by atoms with Crippen LogP contribution in [-0.4, -0.2) is 45.6 Å². The highest BCUT2D eigenvalue weighted by Crippen LogP contribution is 2.40. The van der Waals surface area contributed by atoms with E-state index in [2.05, 4.69) is 33.0 Å². The second-order valence-corrected chi connectivity index (χ2v) is 9.57. The average Bonchev–Trinajstić information content (AvgIpc) is 3.53. The van der Waals surface area contributed by atoms with Crippen molar-refractivity contribution in [2.75, 3.05) is 23.4 Å². The van der Waals surface area contributed by atoms with Crippen LogP contribution in [0.4, 0.5) is 15.8 Å². The van der Waals surface area contributed by atoms with Gasteiger partial charge in [-0.25, -0.2) is 19.8 Å². The lowest BCUT2D eigenvalue weighted by Crippen LogP contribution is -2.44. The summed E-state index contributed by atoms with van der Waals surface area (Å²) >= 11 is 0. The van der Waals surface area contributed by atoms with Crippen molar-refractivity contribution < 1.29 is 13.9 Å². The zero-order valence-electron chi connectivity index (χ0n) is 21.1. The number of benzene rings is 1. The first kappa shape index (κ1) is 24.3. The molecule has 3 aromatic heterocycles. The third-order valence-electron chi connectivity index (χ3n) is 7.06. The number of hydrogen-bond acceptors (Lipinski definition) is 7. The highest BCUT2D eigenvalue weighted by atomic mass is 19.1. The van der Waals surface area contributed by atoms with Crippen molar-refractivity contribution in [3.63, 3.8) is 0 Å². The first-order valence-corrected chi connectivity index (χ1v) is 13.0. The Morgan fingerprint density at radius 1 is 1.18 bits per heavy atom. The van der Waals surface area contributed by atoms with Gasteiger partial charge in [0.1, 0.15) is 23.6 Å². The number of halogens is 1. The predicted octanol–water partition coefficient (Wildman–Crippen LogP) is 4.04. The second kappa shape index (κ2) is 10.4. The van der Waals surface area contributed by atoms with Crippen LogP contribution >= 0.6 is 0 Å². The molecule has 2 aliphatic heterocycles. The molecule has 1 fully saturated rings. The SMILES string of the molecule is CCC1NN(Cc2cccc(OC3CCNC[C@H]3F)n2)c2cccc(NC(=O)c3cnc4ccccn34)c21. The number of anilines is 2. The van der Waals surface area contributed by atoms with Gasteiger partial charge in [0.2, 0.25) is 5.88 Å². The van der Waals surface area contributed by atoms with Crippen LogP contribution in [0.1, 0.15) is 47.6 Å². The van der Waals surface area contributed by atoms with E-state index >= 15 is 0 Å². The van der Waals surface area contributed by atoms with Gasteiger partial charge in [0, 0.05) is 30.1 Å². The number of nitrogens with one attached hydrogen (secondary N) is 3. The molecule has 9 nitrogen and oxygen atoms in total. The Morgan fingerprint density at radius 3 is 2.95 bits per heavy atom. The van der Waals surface area contributed by atoms with Crippen molar-refractivity contribution in [2.45, 2.75) is 44.6 Å². The molecule has 1 aromatic carbocycles. The molecule has 0 saturated carbocycles. The Balaban J connectivity index is 1.22. The summed E-state index contributed by atoms with van der Waals surface area (Å²) in [5.41, 5.74) is 8.30. The topological polar surface area (TPSA) is 95.8 Å². The van der Waals surface area contributed by atoms with E-state index < -0.39 is 12.3 Å². The number of carbonyl (C=O) groups is 1. The van der Waals surface area contributed by atoms with Crippen LogP contribution in [0.25, 0.3) is 5.65 Å². The van der Waals surface area contributed by atoms with E-state index in [1.807, 2.05) is 59.7 Å². The van der Waals surface area contributed by atoms with Gasteiger partial charge in [-0.1, -0.05) is 25.1 Å². The zero-order chi connectivity index (χ0) is 26.1. The Kier molecular flexibility index (Phi) is 6.65. The Bertz CT molecular complexity index is 1460. The zero-order valence-corrected chi connectivity index (χ0v) is 21.1. The number of ether oxygens (including phenoxy) is 1. The van der Waals surface area contributed by atoms with Gasteiger partial charge in [-0.3, -0.25) is 9.20 Å². The molecule has 2 aliphatic rings. The molecule has 5 heterocycles. The van der Waals surface area contributed by atoms with E-state index in [1.54, 1.807) is 16.7 Å². The van der Waals surface area contributed by atoms with Gasteiger partial charge in [-0.05, 0) is 49.7 Å². The largest absolute Gasteiger partial charge is 0.471 e. The van der Waals surface area contributed by atoms with Gasteiger partial charge in [0.05, 0.1) is 30.2 Å². The molecule has 0 spiro atoms. The van der Waals surface area contributed by atoms with E-state index in [9.17, 15) is 9.18 Å². The third kappa shape index (κ3) is 4.68. The van der Waals surface area contributed by atoms with Crippen molar-refractivity contribution in [2.24, 2.45) is 0 Å². The number of piperidine rings is 1. The number of nitrogens with zero attached hydrogens (tertiary/aromatic N) is 4. The average molecular weight is 516 g/mol. The number of hydrazine groups is 1. The van der Waals surface area contributed by atoms with Crippen LogP contribution in [0.2, 0.25) is 0 Å². The van der Waals surface area contributed by atoms with E-state index in [1.165, 1.54) is 0 Å². The number of imidazole rings is 1. The van der Waals surface area contributed by atoms with Gasteiger partial charge in [-0.15, -0.1) is 0 Å². The van der Waals surface area contributed by atoms with Gasteiger partial charge < -0.3 is 20.4 Å². The summed E-state index contributed by atoms with van der Waals surface area (Å²) in [4.78, 5) is 22.2. The van der Waals surface area contributed by atoms with Crippen LogP contribution < -0.4 is 25.8 Å². The number of pyridine rings is 2. The van der Waals surface area contributed by atoms with E-state index in [4.69, 9.17) is 4.74 Å². The standard InChI is InChI=1S/C28H30FN7O2/c1-2-20-27-21(33-28(37)23-16-31-25-10-3-4-14-35(23)25)8-6-9-22(27)36(34-20)17-18-7-5-11-26(32-18)38-24-12-13-30-15-19(24)29/h3-11,14,16,19-20,24,30,34H,2,12-13,15,17H2,1H3,(H,33,37)/t19-,20?,24?/m1/s1. The van der Waals surface area contributed by atoms with Crippen molar-refractivity contribution in [3.05, 3.63) is 83.9 Å². The van der Waals surface area contributed by atoms with Gasteiger partial charge >= 0.3 is 0 Å². The molecular weight excluding hydrogens is 485 g/mol. The molecule has 0 bridgehead atoms. The van der Waals surface area contributed by atoms with Crippen molar-refractivity contribution in [1.82, 2.24) is 25.1 Å². The first-order valence-electron chi connectivity index (χ1n) is 13.0. The molecule has 196 valence electrons. The van der Waals surface area contributed by atoms with Crippen LogP contribution in [-0.2, 0) is 6.54 Å². The molecule has 0 aliphatic carbocycles. The fourth-order valence-electron chi connectivity index (χ4n) is 5.16. The van der Waals surface area contributed by atoms with Crippen molar-refractivity contribution in [3.8, 4) is 5.88 Å². The minimum absolute atomic E-state index is 0.0187. The highest BCUT2D eigenvalue weighted by Gasteiger charge is 2.31. The fourth-order valence-corrected chi connectivity index (χ4v) is 5.16. The van der Waals surface area contributed by atoms with E-state index in [0.717, 1.165) is 41.2 Å². The summed E-state index contributed by atoms with van der Waals surface area (Å²) in [5, 5.41) is 8.19. The van der Waals surface area contributed by atoms with Crippen molar-refractivity contribution >= 4 is 22.9 Å². The highest BCUT2D eigenvalue weighted by molar-refractivity contribution is 6.04. The van der Waals surface area contributed by atoms with E-state index in [-0.39, 0.29) is 11.9 Å². The number of amides is 1. The smallest absolute Gasteiger partial charge is 0.274 e. The Morgan fingerprint density at radius 2 is 2.08 bits per heavy atom. The predicted molar refractivity (Wildman–Crippen MR) is 143 cm³/mol. The number of aromatic nitrogens is 3. The molecule has 4 aromatic rings. The molecule has 2 unspecified atom stereocenters. The summed E-state index contributed by atoms with van der Waals surface area (Å²) in [6.07, 6.45) is 3.31. The maximum Gasteiger partial charge on any atom is 0.274 e. The van der Waals surface area contributed by atoms with E-state index in [0.29, 0.717) is 31.1 Å². The number of rotatable bonds is 7. The lowest BCUT2D eigenvalue weighted by molar-refractivity contribution is 0.0692. The van der Waals surface area contributed by atoms with Crippen LogP contribution in [0.15, 0.2) is 67.0 Å². The monoisotopic (exact) mass is 515 g/mol. The summed E-state index contributed by atoms with van der Waals surface area (Å²) < 4.78 is 21.9. The van der Waals surface area contributed by atoms with Crippen molar-refractivity contribution in [1.29, 1.82) is 0 Å². The molecule has 38 heavy (non-hydrogen) atoms. The number of fused-ring (bicyclic) bond motifs is 2. The van der Waals surface area contributed by atoms with Gasteiger partial charge in [-0.2, -0.15) is 0 Å². The van der Waals surface area contributed by atoms with Gasteiger partial charge in [0.15, 0.2) is 0 Å². The quantitative estimate of drug-likeness (QED) is 0.342. The van der Waals surface area contributed by atoms with Crippen LogP contribution in [0.5, 0.6) is 5.88 Å². The lowest BCUT2D eigenvalue weighted by Gasteiger charge is -2.27. The van der Waals surface area contributed by atoms with Crippen LogP contribution in [0, 0.1) is 0 Å². The van der Waals surface area contributed by atoms with Crippen LogP contribution in [0.3, 0.4) is 0 Å². The second-order valence-electron chi connectivity index (χ2n) is 9.57. The van der Waals surface area contributed by atoms with Gasteiger partial charge in [0.25, 0.3) is 5.91 Å². The first-order chi connectivity index (χ1) is 18.6. The summed E-state index contributed by atoms with van der Waals surface area (Å²) in [6, 6.07) is 17.1. The number of alkyl halides is 1. The molecule has 3 N–H and O–H groups in total. The normalized spacial score (nSPS) is 20.9. The molecule has 1 saturated heterocycles. The third-order valence-corrected chi connectivity index (χ3v) is 7.06. The fraction of sp³-hybridized carbons (Fsp3) is 0.321.